The first-order chi connectivity index (χ1) is 7.78. The van der Waals surface area contributed by atoms with Crippen LogP contribution < -0.4 is 5.32 Å². The lowest BCUT2D eigenvalue weighted by Gasteiger charge is -2.35. The van der Waals surface area contributed by atoms with Crippen molar-refractivity contribution in [1.82, 2.24) is 10.2 Å². The topological polar surface area (TPSA) is 24.5 Å². The van der Waals surface area contributed by atoms with E-state index in [1.54, 1.807) is 0 Å². The van der Waals surface area contributed by atoms with Gasteiger partial charge < -0.3 is 9.64 Å². The third-order valence-corrected chi connectivity index (χ3v) is 3.98. The number of hydrogen-bond acceptors (Lipinski definition) is 3. The van der Waals surface area contributed by atoms with Crippen molar-refractivity contribution in [2.24, 2.45) is 11.8 Å². The molecule has 0 aromatic heterocycles. The van der Waals surface area contributed by atoms with Crippen LogP contribution in [0.2, 0.25) is 0 Å². The summed E-state index contributed by atoms with van der Waals surface area (Å²) in [5.74, 6) is 1.55. The van der Waals surface area contributed by atoms with Gasteiger partial charge in [0.25, 0.3) is 0 Å². The van der Waals surface area contributed by atoms with Gasteiger partial charge in [0.2, 0.25) is 0 Å². The third kappa shape index (κ3) is 3.44. The molecule has 0 amide bonds. The summed E-state index contributed by atoms with van der Waals surface area (Å²) < 4.78 is 5.82. The van der Waals surface area contributed by atoms with Crippen LogP contribution in [0, 0.1) is 11.8 Å². The zero-order chi connectivity index (χ0) is 11.4. The molecular weight excluding hydrogens is 200 g/mol. The Balaban J connectivity index is 1.66. The molecule has 2 aliphatic rings. The van der Waals surface area contributed by atoms with Crippen molar-refractivity contribution in [3.05, 3.63) is 0 Å². The van der Waals surface area contributed by atoms with Crippen molar-refractivity contribution in [2.45, 2.75) is 39.3 Å². The highest BCUT2D eigenvalue weighted by Crippen LogP contribution is 2.23. The smallest absolute Gasteiger partial charge is 0.108 e. The molecule has 2 unspecified atom stereocenters. The van der Waals surface area contributed by atoms with Gasteiger partial charge in [0.1, 0.15) is 6.23 Å². The lowest BCUT2D eigenvalue weighted by Crippen LogP contribution is -2.44. The minimum absolute atomic E-state index is 0.328. The molecule has 2 rings (SSSR count). The Hall–Kier alpha value is -0.120. The highest BCUT2D eigenvalue weighted by atomic mass is 16.5. The second-order valence-electron chi connectivity index (χ2n) is 5.45. The molecule has 0 spiro atoms. The third-order valence-electron chi connectivity index (χ3n) is 3.98. The van der Waals surface area contributed by atoms with Gasteiger partial charge in [-0.15, -0.1) is 0 Å². The SMILES string of the molecule is CCN1CCC(CC2NCC(C)CO2)CC1. The van der Waals surface area contributed by atoms with Gasteiger partial charge >= 0.3 is 0 Å². The maximum atomic E-state index is 5.82. The van der Waals surface area contributed by atoms with Gasteiger partial charge in [-0.25, -0.2) is 0 Å². The minimum Gasteiger partial charge on any atom is -0.363 e. The maximum absolute atomic E-state index is 5.82. The molecule has 2 aliphatic heterocycles. The van der Waals surface area contributed by atoms with E-state index in [-0.39, 0.29) is 0 Å². The van der Waals surface area contributed by atoms with Crippen LogP contribution in [0.25, 0.3) is 0 Å². The highest BCUT2D eigenvalue weighted by molar-refractivity contribution is 4.76. The molecule has 0 radical (unpaired) electrons. The quantitative estimate of drug-likeness (QED) is 0.792. The minimum atomic E-state index is 0.328. The summed E-state index contributed by atoms with van der Waals surface area (Å²) in [5.41, 5.74) is 0. The van der Waals surface area contributed by atoms with Gasteiger partial charge in [-0.3, -0.25) is 5.32 Å². The molecule has 16 heavy (non-hydrogen) atoms. The Labute approximate surface area is 99.5 Å². The van der Waals surface area contributed by atoms with Crippen LogP contribution >= 0.6 is 0 Å². The maximum Gasteiger partial charge on any atom is 0.108 e. The van der Waals surface area contributed by atoms with Crippen LogP contribution in [0.1, 0.15) is 33.1 Å². The summed E-state index contributed by atoms with van der Waals surface area (Å²) in [5, 5.41) is 3.51. The molecule has 0 aromatic carbocycles. The van der Waals surface area contributed by atoms with E-state index in [0.717, 1.165) is 19.1 Å². The van der Waals surface area contributed by atoms with Crippen molar-refractivity contribution >= 4 is 0 Å². The number of rotatable bonds is 3. The number of ether oxygens (including phenoxy) is 1. The van der Waals surface area contributed by atoms with Crippen LogP contribution in [-0.2, 0) is 4.74 Å². The molecule has 0 saturated carbocycles. The molecular formula is C13H26N2O. The summed E-state index contributed by atoms with van der Waals surface area (Å²) in [6.07, 6.45) is 4.24. The molecule has 3 heteroatoms. The van der Waals surface area contributed by atoms with E-state index >= 15 is 0 Å². The standard InChI is InChI=1S/C13H26N2O/c1-3-15-6-4-12(5-7-15)8-13-14-9-11(2)10-16-13/h11-14H,3-10H2,1-2H3. The Bertz CT molecular complexity index is 194. The van der Waals surface area contributed by atoms with E-state index in [2.05, 4.69) is 24.1 Å². The van der Waals surface area contributed by atoms with Crippen LogP contribution in [0.5, 0.6) is 0 Å². The Morgan fingerprint density at radius 3 is 2.62 bits per heavy atom. The molecule has 3 nitrogen and oxygen atoms in total. The fourth-order valence-corrected chi connectivity index (χ4v) is 2.72. The van der Waals surface area contributed by atoms with Crippen LogP contribution in [0.15, 0.2) is 0 Å². The second-order valence-corrected chi connectivity index (χ2v) is 5.45. The highest BCUT2D eigenvalue weighted by Gasteiger charge is 2.24. The van der Waals surface area contributed by atoms with Crippen LogP contribution in [-0.4, -0.2) is 43.9 Å². The van der Waals surface area contributed by atoms with Gasteiger partial charge in [-0.05, 0) is 50.7 Å². The molecule has 0 aromatic rings. The first kappa shape index (κ1) is 12.3. The van der Waals surface area contributed by atoms with Crippen LogP contribution in [0.3, 0.4) is 0 Å². The molecule has 2 fully saturated rings. The zero-order valence-corrected chi connectivity index (χ0v) is 10.7. The van der Waals surface area contributed by atoms with E-state index < -0.39 is 0 Å². The summed E-state index contributed by atoms with van der Waals surface area (Å²) >= 11 is 0. The average molecular weight is 226 g/mol. The van der Waals surface area contributed by atoms with Crippen molar-refractivity contribution in [3.63, 3.8) is 0 Å². The van der Waals surface area contributed by atoms with E-state index in [1.807, 2.05) is 0 Å². The van der Waals surface area contributed by atoms with E-state index in [4.69, 9.17) is 4.74 Å². The number of nitrogens with zero attached hydrogens (tertiary/aromatic N) is 1. The normalized spacial score (nSPS) is 34.1. The van der Waals surface area contributed by atoms with Gasteiger partial charge in [0, 0.05) is 6.54 Å². The lowest BCUT2D eigenvalue weighted by atomic mass is 9.92. The molecule has 1 N–H and O–H groups in total. The molecule has 94 valence electrons. The second kappa shape index (κ2) is 5.99. The molecule has 0 aliphatic carbocycles. The monoisotopic (exact) mass is 226 g/mol. The van der Waals surface area contributed by atoms with Crippen molar-refractivity contribution in [3.8, 4) is 0 Å². The van der Waals surface area contributed by atoms with Gasteiger partial charge in [0.15, 0.2) is 0 Å². The fraction of sp³-hybridized carbons (Fsp3) is 1.00. The number of piperidine rings is 1. The van der Waals surface area contributed by atoms with E-state index in [0.29, 0.717) is 12.1 Å². The zero-order valence-electron chi connectivity index (χ0n) is 10.7. The van der Waals surface area contributed by atoms with Crippen molar-refractivity contribution < 1.29 is 4.74 Å². The van der Waals surface area contributed by atoms with Gasteiger partial charge in [-0.1, -0.05) is 13.8 Å². The first-order valence-electron chi connectivity index (χ1n) is 6.85. The van der Waals surface area contributed by atoms with E-state index in [9.17, 15) is 0 Å². The Morgan fingerprint density at radius 2 is 2.06 bits per heavy atom. The summed E-state index contributed by atoms with van der Waals surface area (Å²) in [6.45, 7) is 10.3. The molecule has 2 saturated heterocycles. The Morgan fingerprint density at radius 1 is 1.31 bits per heavy atom. The van der Waals surface area contributed by atoms with Gasteiger partial charge in [-0.2, -0.15) is 0 Å². The van der Waals surface area contributed by atoms with Crippen LogP contribution in [0.4, 0.5) is 0 Å². The largest absolute Gasteiger partial charge is 0.363 e. The predicted octanol–water partition coefficient (Wildman–Crippen LogP) is 1.69. The predicted molar refractivity (Wildman–Crippen MR) is 66.4 cm³/mol. The lowest BCUT2D eigenvalue weighted by molar-refractivity contribution is -0.0401. The first-order valence-corrected chi connectivity index (χ1v) is 6.85. The van der Waals surface area contributed by atoms with Gasteiger partial charge in [0.05, 0.1) is 6.61 Å². The number of nitrogens with one attached hydrogen (secondary N) is 1. The van der Waals surface area contributed by atoms with Crippen molar-refractivity contribution in [1.29, 1.82) is 0 Å². The van der Waals surface area contributed by atoms with Crippen molar-refractivity contribution in [2.75, 3.05) is 32.8 Å². The average Bonchev–Trinajstić information content (AvgIpc) is 2.33. The molecule has 0 bridgehead atoms. The molecule has 2 heterocycles. The number of likely N-dealkylation sites (tertiary alicyclic amines) is 1. The number of hydrogen-bond donors (Lipinski definition) is 1. The summed E-state index contributed by atoms with van der Waals surface area (Å²) in [7, 11) is 0. The summed E-state index contributed by atoms with van der Waals surface area (Å²) in [6, 6.07) is 0. The Kier molecular flexibility index (Phi) is 4.62. The summed E-state index contributed by atoms with van der Waals surface area (Å²) in [4.78, 5) is 2.55. The molecule has 2 atom stereocenters. The van der Waals surface area contributed by atoms with E-state index in [1.165, 1.54) is 38.9 Å². The fourth-order valence-electron chi connectivity index (χ4n) is 2.72.